The lowest BCUT2D eigenvalue weighted by atomic mass is 9.97. The van der Waals surface area contributed by atoms with Gasteiger partial charge >= 0.3 is 0 Å². The third kappa shape index (κ3) is 6.10. The molecule has 3 aromatic carbocycles. The largest absolute Gasteiger partial charge is 0.456 e. The Morgan fingerprint density at radius 3 is 1.97 bits per heavy atom. The minimum atomic E-state index is -0.252. The number of nitrogens with one attached hydrogen (secondary N) is 1. The van der Waals surface area contributed by atoms with E-state index in [4.69, 9.17) is 4.42 Å². The Hall–Kier alpha value is -4.05. The predicted octanol–water partition coefficient (Wildman–Crippen LogP) is 7.28. The molecule has 1 heterocycles. The van der Waals surface area contributed by atoms with Crippen LogP contribution in [0.3, 0.4) is 0 Å². The molecule has 0 aliphatic carbocycles. The molecular weight excluding hydrogens is 432 g/mol. The first-order valence-corrected chi connectivity index (χ1v) is 11.8. The lowest BCUT2D eigenvalue weighted by Gasteiger charge is -2.11. The molecule has 0 saturated heterocycles. The molecule has 0 aliphatic heterocycles. The van der Waals surface area contributed by atoms with Crippen molar-refractivity contribution in [3.8, 4) is 0 Å². The van der Waals surface area contributed by atoms with Gasteiger partial charge in [-0.3, -0.25) is 4.79 Å². The first kappa shape index (κ1) is 24.1. The monoisotopic (exact) mass is 464 g/mol. The molecule has 0 radical (unpaired) electrons. The van der Waals surface area contributed by atoms with Gasteiger partial charge in [-0.05, 0) is 85.0 Å². The van der Waals surface area contributed by atoms with Crippen molar-refractivity contribution >= 4 is 29.4 Å². The van der Waals surface area contributed by atoms with Gasteiger partial charge in [0.1, 0.15) is 5.76 Å². The highest BCUT2D eigenvalue weighted by Crippen LogP contribution is 2.22. The Bertz CT molecular complexity index is 1320. The third-order valence-electron chi connectivity index (χ3n) is 6.12. The lowest BCUT2D eigenvalue weighted by molar-refractivity contribution is 0.0995. The quantitative estimate of drug-likeness (QED) is 0.292. The molecule has 0 aliphatic rings. The number of aryl methyl sites for hydroxylation is 3. The van der Waals surface area contributed by atoms with Crippen molar-refractivity contribution in [3.05, 3.63) is 118 Å². The summed E-state index contributed by atoms with van der Waals surface area (Å²) >= 11 is 0. The van der Waals surface area contributed by atoms with Crippen LogP contribution in [-0.4, -0.2) is 20.0 Å². The van der Waals surface area contributed by atoms with E-state index >= 15 is 0 Å². The summed E-state index contributed by atoms with van der Waals surface area (Å²) in [4.78, 5) is 14.8. The number of amides is 1. The summed E-state index contributed by atoms with van der Waals surface area (Å²) < 4.78 is 5.87. The molecule has 178 valence electrons. The Morgan fingerprint density at radius 1 is 0.829 bits per heavy atom. The standard InChI is InChI=1S/C31H32N2O2/c1-21-18-22(2)29(23(3)19-21)20-28-16-17-30(35-28)31(34)32-26-12-8-24(9-13-26)6-7-25-10-14-27(15-11-25)33(4)5/h6-19H,20H2,1-5H3,(H,32,34). The number of hydrogen-bond donors (Lipinski definition) is 1. The molecule has 0 atom stereocenters. The van der Waals surface area contributed by atoms with Gasteiger partial charge in [0.2, 0.25) is 0 Å². The normalized spacial score (nSPS) is 11.1. The van der Waals surface area contributed by atoms with Crippen molar-refractivity contribution in [1.82, 2.24) is 0 Å². The van der Waals surface area contributed by atoms with E-state index in [1.54, 1.807) is 6.07 Å². The second-order valence-corrected chi connectivity index (χ2v) is 9.22. The highest BCUT2D eigenvalue weighted by molar-refractivity contribution is 6.02. The first-order valence-electron chi connectivity index (χ1n) is 11.8. The summed E-state index contributed by atoms with van der Waals surface area (Å²) in [5.41, 5.74) is 9.07. The minimum Gasteiger partial charge on any atom is -0.456 e. The van der Waals surface area contributed by atoms with E-state index in [9.17, 15) is 4.79 Å². The number of rotatable bonds is 7. The van der Waals surface area contributed by atoms with Gasteiger partial charge in [0, 0.05) is 31.9 Å². The van der Waals surface area contributed by atoms with Crippen LogP contribution in [0.4, 0.5) is 11.4 Å². The molecule has 0 bridgehead atoms. The number of benzene rings is 3. The lowest BCUT2D eigenvalue weighted by Crippen LogP contribution is -2.10. The van der Waals surface area contributed by atoms with Crippen LogP contribution < -0.4 is 10.2 Å². The van der Waals surface area contributed by atoms with Gasteiger partial charge in [-0.1, -0.05) is 54.1 Å². The van der Waals surface area contributed by atoms with Crippen molar-refractivity contribution in [2.75, 3.05) is 24.3 Å². The van der Waals surface area contributed by atoms with Crippen LogP contribution in [0.2, 0.25) is 0 Å². The number of carbonyl (C=O) groups is 1. The molecule has 4 rings (SSSR count). The zero-order chi connectivity index (χ0) is 24.9. The van der Waals surface area contributed by atoms with Crippen molar-refractivity contribution in [3.63, 3.8) is 0 Å². The van der Waals surface area contributed by atoms with Crippen molar-refractivity contribution < 1.29 is 9.21 Å². The smallest absolute Gasteiger partial charge is 0.291 e. The molecule has 0 unspecified atom stereocenters. The second-order valence-electron chi connectivity index (χ2n) is 9.22. The zero-order valence-electron chi connectivity index (χ0n) is 21.1. The maximum Gasteiger partial charge on any atom is 0.291 e. The summed E-state index contributed by atoms with van der Waals surface area (Å²) in [6.07, 6.45) is 4.81. The Labute approximate surface area is 207 Å². The Balaban J connectivity index is 1.37. The van der Waals surface area contributed by atoms with E-state index in [0.717, 1.165) is 22.6 Å². The fourth-order valence-electron chi connectivity index (χ4n) is 4.20. The third-order valence-corrected chi connectivity index (χ3v) is 6.12. The van der Waals surface area contributed by atoms with E-state index in [-0.39, 0.29) is 5.91 Å². The summed E-state index contributed by atoms with van der Waals surface area (Å²) in [5.74, 6) is 0.842. The molecule has 35 heavy (non-hydrogen) atoms. The van der Waals surface area contributed by atoms with Crippen molar-refractivity contribution in [2.45, 2.75) is 27.2 Å². The molecule has 0 fully saturated rings. The van der Waals surface area contributed by atoms with Gasteiger partial charge in [-0.15, -0.1) is 0 Å². The maximum absolute atomic E-state index is 12.7. The van der Waals surface area contributed by atoms with E-state index in [1.165, 1.54) is 27.9 Å². The van der Waals surface area contributed by atoms with E-state index in [1.807, 2.05) is 44.4 Å². The van der Waals surface area contributed by atoms with Gasteiger partial charge in [0.15, 0.2) is 5.76 Å². The van der Waals surface area contributed by atoms with Crippen LogP contribution in [0.1, 0.15) is 49.7 Å². The van der Waals surface area contributed by atoms with Gasteiger partial charge in [-0.25, -0.2) is 0 Å². The summed E-state index contributed by atoms with van der Waals surface area (Å²) in [6.45, 7) is 6.34. The number of nitrogens with zero attached hydrogens (tertiary/aromatic N) is 1. The fourth-order valence-corrected chi connectivity index (χ4v) is 4.20. The molecule has 4 aromatic rings. The molecule has 4 nitrogen and oxygen atoms in total. The highest BCUT2D eigenvalue weighted by atomic mass is 16.3. The summed E-state index contributed by atoms with van der Waals surface area (Å²) in [7, 11) is 4.06. The van der Waals surface area contributed by atoms with Gasteiger partial charge in [0.25, 0.3) is 5.91 Å². The van der Waals surface area contributed by atoms with Crippen LogP contribution in [0.5, 0.6) is 0 Å². The Morgan fingerprint density at radius 2 is 1.40 bits per heavy atom. The van der Waals surface area contributed by atoms with E-state index in [0.29, 0.717) is 12.2 Å². The average Bonchev–Trinajstić information content (AvgIpc) is 3.30. The fraction of sp³-hybridized carbons (Fsp3) is 0.194. The van der Waals surface area contributed by atoms with Crippen LogP contribution in [0, 0.1) is 20.8 Å². The molecule has 0 saturated carbocycles. The molecule has 4 heteroatoms. The summed E-state index contributed by atoms with van der Waals surface area (Å²) in [5, 5.41) is 2.92. The van der Waals surface area contributed by atoms with Gasteiger partial charge in [-0.2, -0.15) is 0 Å². The van der Waals surface area contributed by atoms with Crippen LogP contribution in [-0.2, 0) is 6.42 Å². The van der Waals surface area contributed by atoms with E-state index in [2.05, 4.69) is 79.5 Å². The first-order chi connectivity index (χ1) is 16.8. The number of anilines is 2. The minimum absolute atomic E-state index is 0.252. The molecule has 0 spiro atoms. The SMILES string of the molecule is Cc1cc(C)c(Cc2ccc(C(=O)Nc3ccc(C=Cc4ccc(N(C)C)cc4)cc3)o2)c(C)c1. The van der Waals surface area contributed by atoms with E-state index < -0.39 is 0 Å². The summed E-state index contributed by atoms with van der Waals surface area (Å²) in [6, 6.07) is 24.1. The average molecular weight is 465 g/mol. The highest BCUT2D eigenvalue weighted by Gasteiger charge is 2.13. The molecular formula is C31H32N2O2. The topological polar surface area (TPSA) is 45.5 Å². The van der Waals surface area contributed by atoms with Crippen LogP contribution >= 0.6 is 0 Å². The van der Waals surface area contributed by atoms with Crippen LogP contribution in [0.25, 0.3) is 12.2 Å². The maximum atomic E-state index is 12.7. The zero-order valence-corrected chi connectivity index (χ0v) is 21.1. The molecule has 1 amide bonds. The van der Waals surface area contributed by atoms with Gasteiger partial charge in [0.05, 0.1) is 0 Å². The van der Waals surface area contributed by atoms with Crippen LogP contribution in [0.15, 0.2) is 77.2 Å². The Kier molecular flexibility index (Phi) is 7.21. The predicted molar refractivity (Wildman–Crippen MR) is 146 cm³/mol. The molecule has 1 N–H and O–H groups in total. The number of hydrogen-bond acceptors (Lipinski definition) is 3. The number of carbonyl (C=O) groups excluding carboxylic acids is 1. The molecule has 1 aromatic heterocycles. The van der Waals surface area contributed by atoms with Crippen molar-refractivity contribution in [2.24, 2.45) is 0 Å². The van der Waals surface area contributed by atoms with Gasteiger partial charge < -0.3 is 14.6 Å². The second kappa shape index (κ2) is 10.5. The number of furan rings is 1. The van der Waals surface area contributed by atoms with Crippen molar-refractivity contribution in [1.29, 1.82) is 0 Å².